The maximum absolute atomic E-state index is 5.24. The van der Waals surface area contributed by atoms with Crippen molar-refractivity contribution in [3.05, 3.63) is 0 Å². The Kier molecular flexibility index (Phi) is 3.43. The molecule has 0 amide bonds. The molecule has 0 atom stereocenters. The minimum absolute atomic E-state index is 0.231. The summed E-state index contributed by atoms with van der Waals surface area (Å²) in [6.07, 6.45) is 0. The fraction of sp³-hybridized carbons (Fsp3) is 0.750. The fourth-order valence-electron chi connectivity index (χ4n) is 0.307. The lowest BCUT2D eigenvalue weighted by molar-refractivity contribution is 0.829. The van der Waals surface area contributed by atoms with Gasteiger partial charge in [0, 0.05) is 6.04 Å². The van der Waals surface area contributed by atoms with Crippen LogP contribution >= 0.6 is 12.8 Å². The molecular weight excluding hydrogens is 122 g/mol. The summed E-state index contributed by atoms with van der Waals surface area (Å²) in [5.74, 6) is 0.364. The summed E-state index contributed by atoms with van der Waals surface area (Å²) in [5.41, 5.74) is 5.24. The standard InChI is InChI=1S/C4H11N3S/c1-3(2)6-4(5)7-8/h3,8H,1-2H3,(H3,5,6,7). The Bertz CT molecular complexity index is 89.3. The zero-order chi connectivity index (χ0) is 6.57. The highest BCUT2D eigenvalue weighted by Gasteiger charge is 1.87. The van der Waals surface area contributed by atoms with E-state index in [0.29, 0.717) is 5.96 Å². The average Bonchev–Trinajstić information content (AvgIpc) is 1.65. The van der Waals surface area contributed by atoms with Crippen molar-refractivity contribution in [2.75, 3.05) is 0 Å². The molecule has 0 aromatic rings. The predicted molar refractivity (Wildman–Crippen MR) is 38.9 cm³/mol. The maximum atomic E-state index is 5.24. The second-order valence-corrected chi connectivity index (χ2v) is 1.94. The van der Waals surface area contributed by atoms with Gasteiger partial charge in [0.05, 0.1) is 0 Å². The first kappa shape index (κ1) is 7.62. The van der Waals surface area contributed by atoms with E-state index in [9.17, 15) is 0 Å². The van der Waals surface area contributed by atoms with Crippen LogP contribution in [-0.4, -0.2) is 12.0 Å². The van der Waals surface area contributed by atoms with Gasteiger partial charge >= 0.3 is 0 Å². The van der Waals surface area contributed by atoms with Gasteiger partial charge in [0.25, 0.3) is 0 Å². The molecule has 3 nitrogen and oxygen atoms in total. The number of nitrogens with one attached hydrogen (secondary N) is 1. The van der Waals surface area contributed by atoms with Crippen molar-refractivity contribution in [2.24, 2.45) is 10.7 Å². The number of rotatable bonds is 1. The van der Waals surface area contributed by atoms with E-state index in [4.69, 9.17) is 5.73 Å². The Labute approximate surface area is 54.9 Å². The molecule has 0 aliphatic carbocycles. The number of nitrogens with two attached hydrogens (primary N) is 1. The molecule has 0 heterocycles. The van der Waals surface area contributed by atoms with Crippen LogP contribution in [0.2, 0.25) is 0 Å². The van der Waals surface area contributed by atoms with Crippen molar-refractivity contribution < 1.29 is 0 Å². The van der Waals surface area contributed by atoms with Gasteiger partial charge in [-0.25, -0.2) is 4.99 Å². The highest BCUT2D eigenvalue weighted by atomic mass is 32.1. The van der Waals surface area contributed by atoms with E-state index < -0.39 is 0 Å². The van der Waals surface area contributed by atoms with Crippen LogP contribution in [0.3, 0.4) is 0 Å². The molecule has 8 heavy (non-hydrogen) atoms. The second-order valence-electron chi connectivity index (χ2n) is 1.72. The van der Waals surface area contributed by atoms with Gasteiger partial charge in [-0.1, -0.05) is 12.8 Å². The smallest absolute Gasteiger partial charge is 0.198 e. The van der Waals surface area contributed by atoms with Crippen LogP contribution in [0.5, 0.6) is 0 Å². The lowest BCUT2D eigenvalue weighted by Gasteiger charge is -1.98. The Balaban J connectivity index is 3.56. The van der Waals surface area contributed by atoms with Crippen LogP contribution in [0.25, 0.3) is 0 Å². The molecular formula is C4H11N3S. The van der Waals surface area contributed by atoms with Crippen LogP contribution < -0.4 is 10.5 Å². The van der Waals surface area contributed by atoms with Crippen molar-refractivity contribution in [3.8, 4) is 0 Å². The van der Waals surface area contributed by atoms with Crippen LogP contribution in [-0.2, 0) is 0 Å². The lowest BCUT2D eigenvalue weighted by Crippen LogP contribution is -2.24. The molecule has 0 radical (unpaired) electrons. The molecule has 0 saturated heterocycles. The first-order chi connectivity index (χ1) is 3.66. The quantitative estimate of drug-likeness (QED) is 0.271. The third-order valence-electron chi connectivity index (χ3n) is 0.512. The Morgan fingerprint density at radius 1 is 1.75 bits per heavy atom. The molecule has 0 aromatic carbocycles. The van der Waals surface area contributed by atoms with Gasteiger partial charge in [-0.3, -0.25) is 0 Å². The summed E-state index contributed by atoms with van der Waals surface area (Å²) in [7, 11) is 0. The molecule has 0 aromatic heterocycles. The number of hydrogen-bond acceptors (Lipinski definition) is 2. The number of nitrogens with zero attached hydrogens (tertiary/aromatic N) is 1. The minimum atomic E-state index is 0.231. The first-order valence-electron chi connectivity index (χ1n) is 2.40. The van der Waals surface area contributed by atoms with E-state index in [0.717, 1.165) is 0 Å². The Morgan fingerprint density at radius 3 is 2.38 bits per heavy atom. The molecule has 0 saturated carbocycles. The maximum Gasteiger partial charge on any atom is 0.198 e. The summed E-state index contributed by atoms with van der Waals surface area (Å²) in [4.78, 5) is 3.90. The second kappa shape index (κ2) is 3.60. The SMILES string of the molecule is CC(C)N=C(N)NS. The minimum Gasteiger partial charge on any atom is -0.369 e. The third kappa shape index (κ3) is 3.80. The molecule has 0 unspecified atom stereocenters. The van der Waals surface area contributed by atoms with Gasteiger partial charge in [-0.15, -0.1) is 0 Å². The van der Waals surface area contributed by atoms with E-state index in [1.54, 1.807) is 0 Å². The highest BCUT2D eigenvalue weighted by molar-refractivity contribution is 7.78. The largest absolute Gasteiger partial charge is 0.369 e. The molecule has 0 rings (SSSR count). The van der Waals surface area contributed by atoms with E-state index >= 15 is 0 Å². The first-order valence-corrected chi connectivity index (χ1v) is 2.85. The van der Waals surface area contributed by atoms with Crippen molar-refractivity contribution in [2.45, 2.75) is 19.9 Å². The van der Waals surface area contributed by atoms with Crippen LogP contribution in [0.15, 0.2) is 4.99 Å². The monoisotopic (exact) mass is 133 g/mol. The fourth-order valence-corrected chi connectivity index (χ4v) is 0.365. The molecule has 48 valence electrons. The predicted octanol–water partition coefficient (Wildman–Crippen LogP) is 0.144. The van der Waals surface area contributed by atoms with Gasteiger partial charge in [0.15, 0.2) is 5.96 Å². The zero-order valence-electron chi connectivity index (χ0n) is 5.05. The molecule has 0 fully saturated rings. The van der Waals surface area contributed by atoms with Crippen LogP contribution in [0.1, 0.15) is 13.8 Å². The summed E-state index contributed by atoms with van der Waals surface area (Å²) in [6, 6.07) is 0.231. The van der Waals surface area contributed by atoms with Crippen LogP contribution in [0.4, 0.5) is 0 Å². The van der Waals surface area contributed by atoms with Gasteiger partial charge < -0.3 is 10.5 Å². The normalized spacial score (nSPS) is 12.2. The molecule has 0 bridgehead atoms. The van der Waals surface area contributed by atoms with Crippen molar-refractivity contribution in [1.29, 1.82) is 0 Å². The molecule has 0 spiro atoms. The Morgan fingerprint density at radius 2 is 2.25 bits per heavy atom. The summed E-state index contributed by atoms with van der Waals surface area (Å²) in [6.45, 7) is 3.88. The van der Waals surface area contributed by atoms with Gasteiger partial charge in [0.2, 0.25) is 0 Å². The number of thiol groups is 1. The van der Waals surface area contributed by atoms with Gasteiger partial charge in [0.1, 0.15) is 0 Å². The van der Waals surface area contributed by atoms with Gasteiger partial charge in [-0.05, 0) is 13.8 Å². The van der Waals surface area contributed by atoms with Gasteiger partial charge in [-0.2, -0.15) is 0 Å². The van der Waals surface area contributed by atoms with E-state index in [-0.39, 0.29) is 6.04 Å². The van der Waals surface area contributed by atoms with Crippen molar-refractivity contribution in [3.63, 3.8) is 0 Å². The Hall–Kier alpha value is -0.380. The highest BCUT2D eigenvalue weighted by Crippen LogP contribution is 1.82. The van der Waals surface area contributed by atoms with E-state index in [2.05, 4.69) is 22.5 Å². The molecule has 4 heteroatoms. The number of aliphatic imine (C=N–C) groups is 1. The van der Waals surface area contributed by atoms with E-state index in [1.807, 2.05) is 13.8 Å². The van der Waals surface area contributed by atoms with E-state index in [1.165, 1.54) is 0 Å². The topological polar surface area (TPSA) is 50.4 Å². The summed E-state index contributed by atoms with van der Waals surface area (Å²) in [5, 5.41) is 0. The third-order valence-corrected chi connectivity index (χ3v) is 0.741. The summed E-state index contributed by atoms with van der Waals surface area (Å²) < 4.78 is 2.42. The number of guanidine groups is 1. The number of hydrogen-bond donors (Lipinski definition) is 3. The molecule has 3 N–H and O–H groups in total. The van der Waals surface area contributed by atoms with Crippen molar-refractivity contribution >= 4 is 18.8 Å². The molecule has 0 aliphatic heterocycles. The summed E-state index contributed by atoms with van der Waals surface area (Å²) >= 11 is 3.68. The van der Waals surface area contributed by atoms with Crippen LogP contribution in [0, 0.1) is 0 Å². The molecule has 0 aliphatic rings. The zero-order valence-corrected chi connectivity index (χ0v) is 5.94. The van der Waals surface area contributed by atoms with Crippen molar-refractivity contribution in [1.82, 2.24) is 4.72 Å². The average molecular weight is 133 g/mol. The lowest BCUT2D eigenvalue weighted by atomic mass is 10.4.